The summed E-state index contributed by atoms with van der Waals surface area (Å²) in [4.78, 5) is 4.73. The highest BCUT2D eigenvalue weighted by Crippen LogP contribution is 2.14. The summed E-state index contributed by atoms with van der Waals surface area (Å²) in [6.45, 7) is 8.94. The molecule has 0 aliphatic carbocycles. The van der Waals surface area contributed by atoms with E-state index in [1.807, 2.05) is 0 Å². The molecule has 3 rings (SSSR count). The first-order valence-corrected chi connectivity index (χ1v) is 11.3. The molecule has 2 saturated heterocycles. The van der Waals surface area contributed by atoms with Crippen molar-refractivity contribution in [1.29, 1.82) is 0 Å². The fourth-order valence-electron chi connectivity index (χ4n) is 3.56. The van der Waals surface area contributed by atoms with Crippen molar-refractivity contribution in [3.05, 3.63) is 35.4 Å². The van der Waals surface area contributed by atoms with Crippen LogP contribution < -0.4 is 10.6 Å². The van der Waals surface area contributed by atoms with Gasteiger partial charge < -0.3 is 29.6 Å². The van der Waals surface area contributed by atoms with Crippen molar-refractivity contribution < 1.29 is 18.9 Å². The molecule has 2 heterocycles. The van der Waals surface area contributed by atoms with Crippen LogP contribution in [0.15, 0.2) is 29.3 Å². The van der Waals surface area contributed by atoms with Gasteiger partial charge in [-0.25, -0.2) is 4.99 Å². The van der Waals surface area contributed by atoms with Gasteiger partial charge in [0.25, 0.3) is 0 Å². The second-order valence-corrected chi connectivity index (χ2v) is 7.77. The molecule has 2 N–H and O–H groups in total. The van der Waals surface area contributed by atoms with Crippen molar-refractivity contribution in [1.82, 2.24) is 10.6 Å². The van der Waals surface area contributed by atoms with Gasteiger partial charge in [0.1, 0.15) is 0 Å². The summed E-state index contributed by atoms with van der Waals surface area (Å²) < 4.78 is 22.6. The van der Waals surface area contributed by atoms with Crippen LogP contribution in [0.1, 0.15) is 43.7 Å². The van der Waals surface area contributed by atoms with Crippen LogP contribution in [0.25, 0.3) is 0 Å². The Kier molecular flexibility index (Phi) is 13.4. The molecule has 0 bridgehead atoms. The Bertz CT molecular complexity index is 635. The van der Waals surface area contributed by atoms with Gasteiger partial charge in [0.05, 0.1) is 32.0 Å². The van der Waals surface area contributed by atoms with Crippen molar-refractivity contribution in [3.63, 3.8) is 0 Å². The highest BCUT2D eigenvalue weighted by Gasteiger charge is 2.15. The third-order valence-corrected chi connectivity index (χ3v) is 5.26. The molecule has 1 atom stereocenters. The van der Waals surface area contributed by atoms with Crippen LogP contribution in [0, 0.1) is 0 Å². The number of benzene rings is 1. The molecule has 0 saturated carbocycles. The molecule has 1 aromatic rings. The summed E-state index contributed by atoms with van der Waals surface area (Å²) in [5.41, 5.74) is 2.38. The van der Waals surface area contributed by atoms with Gasteiger partial charge in [-0.05, 0) is 43.7 Å². The van der Waals surface area contributed by atoms with E-state index >= 15 is 0 Å². The molecule has 1 unspecified atom stereocenters. The Labute approximate surface area is 203 Å². The molecule has 176 valence electrons. The number of nitrogens with one attached hydrogen (secondary N) is 2. The summed E-state index contributed by atoms with van der Waals surface area (Å²) in [6, 6.07) is 8.50. The van der Waals surface area contributed by atoms with Crippen LogP contribution in [0.2, 0.25) is 0 Å². The molecular weight excluding hydrogens is 509 g/mol. The second-order valence-electron chi connectivity index (χ2n) is 7.77. The van der Waals surface area contributed by atoms with Crippen LogP contribution in [0.3, 0.4) is 0 Å². The lowest BCUT2D eigenvalue weighted by Crippen LogP contribution is -2.38. The minimum atomic E-state index is 0. The lowest BCUT2D eigenvalue weighted by atomic mass is 10.1. The lowest BCUT2D eigenvalue weighted by molar-refractivity contribution is -0.0390. The van der Waals surface area contributed by atoms with E-state index in [9.17, 15) is 0 Å². The summed E-state index contributed by atoms with van der Waals surface area (Å²) in [5.74, 6) is 0.838. The van der Waals surface area contributed by atoms with E-state index in [-0.39, 0.29) is 30.1 Å². The van der Waals surface area contributed by atoms with Crippen LogP contribution in [0.4, 0.5) is 0 Å². The number of nitrogens with zero attached hydrogens (tertiary/aromatic N) is 1. The maximum Gasteiger partial charge on any atom is 0.191 e. The summed E-state index contributed by atoms with van der Waals surface area (Å²) in [7, 11) is 0. The number of hydrogen-bond acceptors (Lipinski definition) is 5. The topological polar surface area (TPSA) is 73.3 Å². The van der Waals surface area contributed by atoms with Crippen molar-refractivity contribution in [3.8, 4) is 0 Å². The van der Waals surface area contributed by atoms with Gasteiger partial charge in [-0.15, -0.1) is 24.0 Å². The van der Waals surface area contributed by atoms with Crippen molar-refractivity contribution >= 4 is 29.9 Å². The molecule has 0 aromatic heterocycles. The molecular formula is C23H38IN3O4. The standard InChI is InChI=1S/C23H37N3O4.HI/c1-2-24-23(25-10-4-11-29-22-9-14-28-18-22)26-16-19-5-3-6-20(15-19)17-30-21-7-12-27-13-8-21;/h3,5-6,15,21-22H,2,4,7-14,16-18H2,1H3,(H2,24,25,26);1H. The molecule has 1 aromatic carbocycles. The average Bonchev–Trinajstić information content (AvgIpc) is 3.30. The van der Waals surface area contributed by atoms with Gasteiger partial charge in [0, 0.05) is 39.5 Å². The van der Waals surface area contributed by atoms with Gasteiger partial charge in [-0.1, -0.05) is 24.3 Å². The van der Waals surface area contributed by atoms with E-state index < -0.39 is 0 Å². The highest BCUT2D eigenvalue weighted by atomic mass is 127. The Balaban J connectivity index is 0.00000341. The molecule has 2 aliphatic rings. The molecule has 0 spiro atoms. The molecule has 0 amide bonds. The largest absolute Gasteiger partial charge is 0.381 e. The Morgan fingerprint density at radius 1 is 1.03 bits per heavy atom. The highest BCUT2D eigenvalue weighted by molar-refractivity contribution is 14.0. The van der Waals surface area contributed by atoms with E-state index in [0.29, 0.717) is 19.3 Å². The minimum absolute atomic E-state index is 0. The van der Waals surface area contributed by atoms with Gasteiger partial charge in [0.2, 0.25) is 0 Å². The van der Waals surface area contributed by atoms with Crippen LogP contribution in [-0.4, -0.2) is 64.3 Å². The van der Waals surface area contributed by atoms with Crippen LogP contribution in [-0.2, 0) is 32.1 Å². The van der Waals surface area contributed by atoms with Crippen molar-refractivity contribution in [2.24, 2.45) is 4.99 Å². The normalized spacial score (nSPS) is 19.8. The number of guanidine groups is 1. The maximum atomic E-state index is 6.04. The van der Waals surface area contributed by atoms with Crippen LogP contribution in [0.5, 0.6) is 0 Å². The van der Waals surface area contributed by atoms with Gasteiger partial charge in [0.15, 0.2) is 5.96 Å². The van der Waals surface area contributed by atoms with E-state index in [1.165, 1.54) is 11.1 Å². The van der Waals surface area contributed by atoms with E-state index in [2.05, 4.69) is 41.8 Å². The first-order chi connectivity index (χ1) is 14.8. The molecule has 0 radical (unpaired) electrons. The average molecular weight is 547 g/mol. The Hall–Kier alpha value is -0.940. The van der Waals surface area contributed by atoms with Crippen molar-refractivity contribution in [2.45, 2.75) is 58.0 Å². The SMILES string of the molecule is CCNC(=NCc1cccc(COC2CCOCC2)c1)NCCCOC1CCOC1.I. The smallest absolute Gasteiger partial charge is 0.191 e. The van der Waals surface area contributed by atoms with E-state index in [0.717, 1.165) is 77.8 Å². The Morgan fingerprint density at radius 2 is 1.81 bits per heavy atom. The van der Waals surface area contributed by atoms with Gasteiger partial charge >= 0.3 is 0 Å². The summed E-state index contributed by atoms with van der Waals surface area (Å²) >= 11 is 0. The third-order valence-electron chi connectivity index (χ3n) is 5.26. The number of halogens is 1. The van der Waals surface area contributed by atoms with Crippen LogP contribution >= 0.6 is 24.0 Å². The monoisotopic (exact) mass is 547 g/mol. The van der Waals surface area contributed by atoms with Crippen molar-refractivity contribution in [2.75, 3.05) is 46.1 Å². The second kappa shape index (κ2) is 15.8. The summed E-state index contributed by atoms with van der Waals surface area (Å²) in [5, 5.41) is 6.70. The van der Waals surface area contributed by atoms with Gasteiger partial charge in [-0.3, -0.25) is 0 Å². The minimum Gasteiger partial charge on any atom is -0.381 e. The Morgan fingerprint density at radius 3 is 2.58 bits per heavy atom. The first-order valence-electron chi connectivity index (χ1n) is 11.3. The molecule has 2 fully saturated rings. The zero-order valence-corrected chi connectivity index (χ0v) is 21.0. The fraction of sp³-hybridized carbons (Fsp3) is 0.696. The van der Waals surface area contributed by atoms with E-state index in [4.69, 9.17) is 23.9 Å². The number of aliphatic imine (C=N–C) groups is 1. The third kappa shape index (κ3) is 10.5. The number of hydrogen-bond donors (Lipinski definition) is 2. The molecule has 2 aliphatic heterocycles. The molecule has 31 heavy (non-hydrogen) atoms. The van der Waals surface area contributed by atoms with E-state index in [1.54, 1.807) is 0 Å². The number of ether oxygens (including phenoxy) is 4. The molecule has 7 nitrogen and oxygen atoms in total. The maximum absolute atomic E-state index is 6.04. The summed E-state index contributed by atoms with van der Waals surface area (Å²) in [6.07, 6.45) is 4.52. The van der Waals surface area contributed by atoms with Gasteiger partial charge in [-0.2, -0.15) is 0 Å². The zero-order chi connectivity index (χ0) is 20.9. The lowest BCUT2D eigenvalue weighted by Gasteiger charge is -2.22. The first kappa shape index (κ1) is 26.3. The number of rotatable bonds is 11. The fourth-order valence-corrected chi connectivity index (χ4v) is 3.56. The predicted molar refractivity (Wildman–Crippen MR) is 133 cm³/mol. The molecule has 8 heteroatoms. The zero-order valence-electron chi connectivity index (χ0n) is 18.6. The predicted octanol–water partition coefficient (Wildman–Crippen LogP) is 3.25. The quantitative estimate of drug-likeness (QED) is 0.192.